The van der Waals surface area contributed by atoms with Gasteiger partial charge in [0.15, 0.2) is 11.5 Å². The maximum atomic E-state index is 12.9. The summed E-state index contributed by atoms with van der Waals surface area (Å²) in [5.41, 5.74) is 0.948. The summed E-state index contributed by atoms with van der Waals surface area (Å²) in [6.45, 7) is 2.44. The summed E-state index contributed by atoms with van der Waals surface area (Å²) < 4.78 is 24.7. The fourth-order valence-electron chi connectivity index (χ4n) is 1.83. The van der Waals surface area contributed by atoms with E-state index in [0.29, 0.717) is 21.7 Å². The Labute approximate surface area is 141 Å². The molecule has 0 heterocycles. The van der Waals surface area contributed by atoms with Gasteiger partial charge in [-0.25, -0.2) is 9.18 Å². The molecule has 2 aromatic rings. The fourth-order valence-corrected chi connectivity index (χ4v) is 2.59. The SMILES string of the molecule is CCOc1cc(C(=O)O)cc(I)c1OCc1ccc(F)cc1. The van der Waals surface area contributed by atoms with Crippen LogP contribution in [0.2, 0.25) is 0 Å². The minimum absolute atomic E-state index is 0.141. The number of hydrogen-bond donors (Lipinski definition) is 1. The van der Waals surface area contributed by atoms with E-state index < -0.39 is 5.97 Å². The molecule has 0 fully saturated rings. The Balaban J connectivity index is 2.25. The van der Waals surface area contributed by atoms with Crippen molar-refractivity contribution < 1.29 is 23.8 Å². The van der Waals surface area contributed by atoms with Crippen molar-refractivity contribution in [3.8, 4) is 11.5 Å². The standard InChI is InChI=1S/C16H14FIO4/c1-2-21-14-8-11(16(19)20)7-13(18)15(14)22-9-10-3-5-12(17)6-4-10/h3-8H,2,9H2,1H3,(H,19,20). The van der Waals surface area contributed by atoms with Crippen molar-refractivity contribution >= 4 is 28.6 Å². The highest BCUT2D eigenvalue weighted by atomic mass is 127. The molecule has 2 aromatic carbocycles. The van der Waals surface area contributed by atoms with Gasteiger partial charge in [0, 0.05) is 0 Å². The van der Waals surface area contributed by atoms with Gasteiger partial charge in [-0.15, -0.1) is 0 Å². The van der Waals surface area contributed by atoms with Crippen LogP contribution < -0.4 is 9.47 Å². The van der Waals surface area contributed by atoms with Crippen LogP contribution in [0, 0.1) is 9.39 Å². The molecule has 116 valence electrons. The van der Waals surface area contributed by atoms with Crippen LogP contribution in [0.4, 0.5) is 4.39 Å². The lowest BCUT2D eigenvalue weighted by atomic mass is 10.2. The van der Waals surface area contributed by atoms with Crippen LogP contribution in [-0.2, 0) is 6.61 Å². The summed E-state index contributed by atoms with van der Waals surface area (Å²) in [6, 6.07) is 8.95. The van der Waals surface area contributed by atoms with Gasteiger partial charge in [-0.05, 0) is 59.3 Å². The number of rotatable bonds is 6. The van der Waals surface area contributed by atoms with E-state index in [9.17, 15) is 9.18 Å². The van der Waals surface area contributed by atoms with Gasteiger partial charge in [0.05, 0.1) is 15.7 Å². The van der Waals surface area contributed by atoms with Crippen LogP contribution >= 0.6 is 22.6 Å². The summed E-state index contributed by atoms with van der Waals surface area (Å²) >= 11 is 2.00. The van der Waals surface area contributed by atoms with Gasteiger partial charge >= 0.3 is 5.97 Å². The normalized spacial score (nSPS) is 10.3. The van der Waals surface area contributed by atoms with Gasteiger partial charge in [0.1, 0.15) is 12.4 Å². The van der Waals surface area contributed by atoms with Gasteiger partial charge in [-0.3, -0.25) is 0 Å². The minimum atomic E-state index is -1.02. The first-order valence-electron chi connectivity index (χ1n) is 6.58. The van der Waals surface area contributed by atoms with E-state index in [2.05, 4.69) is 0 Å². The van der Waals surface area contributed by atoms with E-state index in [4.69, 9.17) is 14.6 Å². The van der Waals surface area contributed by atoms with Crippen LogP contribution in [0.3, 0.4) is 0 Å². The summed E-state index contributed by atoms with van der Waals surface area (Å²) in [7, 11) is 0. The maximum Gasteiger partial charge on any atom is 0.335 e. The molecule has 1 N–H and O–H groups in total. The Morgan fingerprint density at radius 2 is 1.91 bits per heavy atom. The molecule has 4 nitrogen and oxygen atoms in total. The molecule has 22 heavy (non-hydrogen) atoms. The predicted molar refractivity (Wildman–Crippen MR) is 88.0 cm³/mol. The highest BCUT2D eigenvalue weighted by Gasteiger charge is 2.15. The van der Waals surface area contributed by atoms with Crippen LogP contribution in [0.15, 0.2) is 36.4 Å². The van der Waals surface area contributed by atoms with E-state index in [-0.39, 0.29) is 18.0 Å². The monoisotopic (exact) mass is 416 g/mol. The zero-order valence-electron chi connectivity index (χ0n) is 11.8. The van der Waals surface area contributed by atoms with E-state index in [1.165, 1.54) is 24.3 Å². The van der Waals surface area contributed by atoms with Gasteiger partial charge < -0.3 is 14.6 Å². The zero-order chi connectivity index (χ0) is 16.1. The van der Waals surface area contributed by atoms with Crippen LogP contribution in [0.25, 0.3) is 0 Å². The Bertz CT molecular complexity index is 671. The third kappa shape index (κ3) is 4.09. The van der Waals surface area contributed by atoms with Crippen molar-refractivity contribution in [2.24, 2.45) is 0 Å². The molecule has 0 radical (unpaired) electrons. The Morgan fingerprint density at radius 1 is 1.23 bits per heavy atom. The highest BCUT2D eigenvalue weighted by Crippen LogP contribution is 2.34. The van der Waals surface area contributed by atoms with E-state index in [0.717, 1.165) is 5.56 Å². The minimum Gasteiger partial charge on any atom is -0.490 e. The van der Waals surface area contributed by atoms with Crippen molar-refractivity contribution in [2.45, 2.75) is 13.5 Å². The number of halogens is 2. The third-order valence-electron chi connectivity index (χ3n) is 2.85. The number of carbonyl (C=O) groups is 1. The first-order chi connectivity index (χ1) is 10.5. The van der Waals surface area contributed by atoms with E-state index >= 15 is 0 Å². The Hall–Kier alpha value is -1.83. The molecule has 0 saturated heterocycles. The molecular formula is C16H14FIO4. The molecule has 0 spiro atoms. The molecule has 6 heteroatoms. The molecule has 0 atom stereocenters. The van der Waals surface area contributed by atoms with E-state index in [1.54, 1.807) is 12.1 Å². The second kappa shape index (κ2) is 7.44. The molecular weight excluding hydrogens is 402 g/mol. The van der Waals surface area contributed by atoms with Gasteiger partial charge in [-0.2, -0.15) is 0 Å². The lowest BCUT2D eigenvalue weighted by Gasteiger charge is -2.14. The molecule has 0 aliphatic rings. The van der Waals surface area contributed by atoms with Crippen molar-refractivity contribution in [3.63, 3.8) is 0 Å². The fraction of sp³-hybridized carbons (Fsp3) is 0.188. The summed E-state index contributed by atoms with van der Waals surface area (Å²) in [5.74, 6) is -0.464. The molecule has 0 amide bonds. The first-order valence-corrected chi connectivity index (χ1v) is 7.66. The maximum absolute atomic E-state index is 12.9. The lowest BCUT2D eigenvalue weighted by Crippen LogP contribution is -2.04. The smallest absolute Gasteiger partial charge is 0.335 e. The van der Waals surface area contributed by atoms with Crippen LogP contribution in [0.5, 0.6) is 11.5 Å². The number of ether oxygens (including phenoxy) is 2. The molecule has 0 aliphatic carbocycles. The number of benzene rings is 2. The first kappa shape index (κ1) is 16.5. The molecule has 0 bridgehead atoms. The summed E-state index contributed by atoms with van der Waals surface area (Å²) in [4.78, 5) is 11.1. The van der Waals surface area contributed by atoms with Crippen molar-refractivity contribution in [1.29, 1.82) is 0 Å². The Kier molecular flexibility index (Phi) is 5.59. The summed E-state index contributed by atoms with van der Waals surface area (Å²) in [6.07, 6.45) is 0. The second-order valence-electron chi connectivity index (χ2n) is 4.44. The van der Waals surface area contributed by atoms with Crippen LogP contribution in [0.1, 0.15) is 22.8 Å². The number of hydrogen-bond acceptors (Lipinski definition) is 3. The summed E-state index contributed by atoms with van der Waals surface area (Å²) in [5, 5.41) is 9.09. The van der Waals surface area contributed by atoms with Gasteiger partial charge in [-0.1, -0.05) is 12.1 Å². The van der Waals surface area contributed by atoms with Gasteiger partial charge in [0.25, 0.3) is 0 Å². The topological polar surface area (TPSA) is 55.8 Å². The predicted octanol–water partition coefficient (Wildman–Crippen LogP) is 4.11. The zero-order valence-corrected chi connectivity index (χ0v) is 14.0. The quantitative estimate of drug-likeness (QED) is 0.721. The number of carboxylic acids is 1. The van der Waals surface area contributed by atoms with Crippen molar-refractivity contribution in [1.82, 2.24) is 0 Å². The number of carboxylic acid groups (broad SMARTS) is 1. The average Bonchev–Trinajstić information content (AvgIpc) is 2.48. The second-order valence-corrected chi connectivity index (χ2v) is 5.60. The van der Waals surface area contributed by atoms with Crippen LogP contribution in [-0.4, -0.2) is 17.7 Å². The Morgan fingerprint density at radius 3 is 2.50 bits per heavy atom. The van der Waals surface area contributed by atoms with Crippen molar-refractivity contribution in [2.75, 3.05) is 6.61 Å². The largest absolute Gasteiger partial charge is 0.490 e. The molecule has 0 aromatic heterocycles. The lowest BCUT2D eigenvalue weighted by molar-refractivity contribution is 0.0696. The molecule has 0 aliphatic heterocycles. The number of aromatic carboxylic acids is 1. The highest BCUT2D eigenvalue weighted by molar-refractivity contribution is 14.1. The third-order valence-corrected chi connectivity index (χ3v) is 3.65. The molecule has 0 unspecified atom stereocenters. The molecule has 2 rings (SSSR count). The van der Waals surface area contributed by atoms with E-state index in [1.807, 2.05) is 29.5 Å². The molecule has 0 saturated carbocycles. The average molecular weight is 416 g/mol. The van der Waals surface area contributed by atoms with Crippen molar-refractivity contribution in [3.05, 3.63) is 56.9 Å². The van der Waals surface area contributed by atoms with Gasteiger partial charge in [0.2, 0.25) is 0 Å².